The third-order valence-corrected chi connectivity index (χ3v) is 4.46. The summed E-state index contributed by atoms with van der Waals surface area (Å²) in [5.74, 6) is 0.898. The Morgan fingerprint density at radius 3 is 2.85 bits per heavy atom. The molecule has 2 heteroatoms. The number of Topliss-reactive ketones (excluding diaryl/α,β-unsaturated/α-hetero) is 1. The molecular weight excluding hydrogens is 248 g/mol. The van der Waals surface area contributed by atoms with Crippen molar-refractivity contribution < 1.29 is 9.53 Å². The molecule has 0 bridgehead atoms. The van der Waals surface area contributed by atoms with Gasteiger partial charge in [-0.3, -0.25) is 4.79 Å². The van der Waals surface area contributed by atoms with Crippen LogP contribution in [0.25, 0.3) is 0 Å². The van der Waals surface area contributed by atoms with Crippen molar-refractivity contribution in [1.29, 1.82) is 0 Å². The zero-order valence-corrected chi connectivity index (χ0v) is 12.9. The number of rotatable bonds is 5. The minimum Gasteiger partial charge on any atom is -0.370 e. The maximum absolute atomic E-state index is 12.3. The fourth-order valence-corrected chi connectivity index (χ4v) is 3.07. The molecule has 20 heavy (non-hydrogen) atoms. The predicted molar refractivity (Wildman–Crippen MR) is 82.2 cm³/mol. The van der Waals surface area contributed by atoms with E-state index in [9.17, 15) is 4.79 Å². The van der Waals surface area contributed by atoms with Crippen LogP contribution >= 0.6 is 0 Å². The van der Waals surface area contributed by atoms with E-state index in [4.69, 9.17) is 4.74 Å². The van der Waals surface area contributed by atoms with Gasteiger partial charge >= 0.3 is 0 Å². The Morgan fingerprint density at radius 1 is 1.30 bits per heavy atom. The second kappa shape index (κ2) is 7.03. The minimum atomic E-state index is 0.116. The van der Waals surface area contributed by atoms with Crippen molar-refractivity contribution in [2.24, 2.45) is 5.92 Å². The number of aryl methyl sites for hydroxylation is 2. The van der Waals surface area contributed by atoms with E-state index in [0.717, 1.165) is 35.4 Å². The number of ether oxygens (including phenoxy) is 1. The van der Waals surface area contributed by atoms with Gasteiger partial charge in [-0.25, -0.2) is 0 Å². The topological polar surface area (TPSA) is 26.3 Å². The van der Waals surface area contributed by atoms with Crippen molar-refractivity contribution in [3.8, 4) is 0 Å². The Bertz CT molecular complexity index is 464. The van der Waals surface area contributed by atoms with Gasteiger partial charge in [0.25, 0.3) is 0 Å². The van der Waals surface area contributed by atoms with E-state index in [2.05, 4.69) is 6.92 Å². The molecule has 1 fully saturated rings. The molecule has 1 aliphatic carbocycles. The molecule has 1 saturated carbocycles. The molecule has 1 aromatic carbocycles. The Balaban J connectivity index is 1.90. The molecule has 1 aliphatic rings. The Labute approximate surface area is 122 Å². The summed E-state index contributed by atoms with van der Waals surface area (Å²) in [5, 5.41) is 0. The number of benzene rings is 1. The average Bonchev–Trinajstić information content (AvgIpc) is 2.47. The molecule has 1 aromatic rings. The summed E-state index contributed by atoms with van der Waals surface area (Å²) in [6.07, 6.45) is 6.29. The molecule has 0 radical (unpaired) electrons. The van der Waals surface area contributed by atoms with Crippen LogP contribution in [-0.4, -0.2) is 18.5 Å². The quantitative estimate of drug-likeness (QED) is 0.740. The second-order valence-corrected chi connectivity index (χ2v) is 6.12. The molecule has 2 rings (SSSR count). The van der Waals surface area contributed by atoms with Gasteiger partial charge in [0.05, 0.1) is 6.10 Å². The summed E-state index contributed by atoms with van der Waals surface area (Å²) in [6.45, 7) is 6.48. The van der Waals surface area contributed by atoms with Crippen LogP contribution in [0.1, 0.15) is 60.5 Å². The summed E-state index contributed by atoms with van der Waals surface area (Å²) in [5.41, 5.74) is 2.98. The lowest BCUT2D eigenvalue weighted by Gasteiger charge is -2.28. The lowest BCUT2D eigenvalue weighted by Crippen LogP contribution is -2.25. The Hall–Kier alpha value is -1.15. The molecule has 2 nitrogen and oxygen atoms in total. The van der Waals surface area contributed by atoms with E-state index in [0.29, 0.717) is 0 Å². The highest BCUT2D eigenvalue weighted by Gasteiger charge is 2.22. The molecule has 0 aromatic heterocycles. The molecule has 0 spiro atoms. The molecule has 0 amide bonds. The van der Waals surface area contributed by atoms with E-state index in [1.807, 2.05) is 32.0 Å². The van der Waals surface area contributed by atoms with E-state index in [1.54, 1.807) is 0 Å². The molecule has 0 N–H and O–H groups in total. The van der Waals surface area contributed by atoms with Gasteiger partial charge < -0.3 is 4.74 Å². The molecule has 2 atom stereocenters. The lowest BCUT2D eigenvalue weighted by atomic mass is 9.85. The standard InChI is InChI=1S/C18H26O2/c1-4-15-6-5-7-16(11-15)20-12-18(19)17-10-13(2)8-9-14(17)3/h8-10,15-16H,4-7,11-12H2,1-3H3. The zero-order valence-electron chi connectivity index (χ0n) is 12.9. The van der Waals surface area contributed by atoms with Crippen molar-refractivity contribution in [2.75, 3.05) is 6.61 Å². The van der Waals surface area contributed by atoms with Gasteiger partial charge in [0.1, 0.15) is 6.61 Å². The summed E-state index contributed by atoms with van der Waals surface area (Å²) in [6, 6.07) is 6.02. The van der Waals surface area contributed by atoms with Crippen LogP contribution in [0.5, 0.6) is 0 Å². The maximum atomic E-state index is 12.3. The first kappa shape index (κ1) is 15.2. The van der Waals surface area contributed by atoms with Gasteiger partial charge in [0.2, 0.25) is 0 Å². The number of ketones is 1. The van der Waals surface area contributed by atoms with Crippen LogP contribution in [0.15, 0.2) is 18.2 Å². The van der Waals surface area contributed by atoms with Crippen LogP contribution in [0.3, 0.4) is 0 Å². The molecule has 0 aliphatic heterocycles. The molecule has 2 unspecified atom stereocenters. The number of hydrogen-bond donors (Lipinski definition) is 0. The zero-order chi connectivity index (χ0) is 14.5. The second-order valence-electron chi connectivity index (χ2n) is 6.12. The van der Waals surface area contributed by atoms with Crippen molar-refractivity contribution in [3.05, 3.63) is 34.9 Å². The Kier molecular flexibility index (Phi) is 5.36. The van der Waals surface area contributed by atoms with Crippen LogP contribution in [0, 0.1) is 19.8 Å². The largest absolute Gasteiger partial charge is 0.370 e. The van der Waals surface area contributed by atoms with Gasteiger partial charge in [-0.1, -0.05) is 43.9 Å². The van der Waals surface area contributed by atoms with Crippen molar-refractivity contribution in [2.45, 2.75) is 59.0 Å². The summed E-state index contributed by atoms with van der Waals surface area (Å²) in [4.78, 5) is 12.3. The smallest absolute Gasteiger partial charge is 0.188 e. The number of hydrogen-bond acceptors (Lipinski definition) is 2. The van der Waals surface area contributed by atoms with Crippen molar-refractivity contribution >= 4 is 5.78 Å². The van der Waals surface area contributed by atoms with E-state index < -0.39 is 0 Å². The van der Waals surface area contributed by atoms with Crippen LogP contribution in [0.2, 0.25) is 0 Å². The van der Waals surface area contributed by atoms with E-state index in [1.165, 1.54) is 19.3 Å². The monoisotopic (exact) mass is 274 g/mol. The maximum Gasteiger partial charge on any atom is 0.188 e. The molecule has 0 saturated heterocycles. The van der Waals surface area contributed by atoms with Gasteiger partial charge in [-0.2, -0.15) is 0 Å². The first-order valence-corrected chi connectivity index (χ1v) is 7.82. The fourth-order valence-electron chi connectivity index (χ4n) is 3.07. The third-order valence-electron chi connectivity index (χ3n) is 4.46. The summed E-state index contributed by atoms with van der Waals surface area (Å²) >= 11 is 0. The first-order valence-electron chi connectivity index (χ1n) is 7.82. The van der Waals surface area contributed by atoms with Crippen LogP contribution in [0.4, 0.5) is 0 Å². The van der Waals surface area contributed by atoms with Crippen LogP contribution < -0.4 is 0 Å². The predicted octanol–water partition coefficient (Wildman–Crippen LogP) is 4.47. The highest BCUT2D eigenvalue weighted by molar-refractivity contribution is 5.98. The molecule has 110 valence electrons. The Morgan fingerprint density at radius 2 is 2.10 bits per heavy atom. The molecule has 0 heterocycles. The first-order chi connectivity index (χ1) is 9.60. The molecular formula is C18H26O2. The highest BCUT2D eigenvalue weighted by atomic mass is 16.5. The minimum absolute atomic E-state index is 0.116. The van der Waals surface area contributed by atoms with Gasteiger partial charge in [0.15, 0.2) is 5.78 Å². The summed E-state index contributed by atoms with van der Waals surface area (Å²) < 4.78 is 5.88. The number of carbonyl (C=O) groups is 1. The van der Waals surface area contributed by atoms with Crippen molar-refractivity contribution in [3.63, 3.8) is 0 Å². The van der Waals surface area contributed by atoms with Crippen LogP contribution in [-0.2, 0) is 4.74 Å². The summed E-state index contributed by atoms with van der Waals surface area (Å²) in [7, 11) is 0. The normalized spacial score (nSPS) is 22.8. The average molecular weight is 274 g/mol. The van der Waals surface area contributed by atoms with E-state index in [-0.39, 0.29) is 18.5 Å². The fraction of sp³-hybridized carbons (Fsp3) is 0.611. The van der Waals surface area contributed by atoms with Gasteiger partial charge in [0, 0.05) is 5.56 Å². The lowest BCUT2D eigenvalue weighted by molar-refractivity contribution is 0.0156. The van der Waals surface area contributed by atoms with E-state index >= 15 is 0 Å². The van der Waals surface area contributed by atoms with Crippen molar-refractivity contribution in [1.82, 2.24) is 0 Å². The third kappa shape index (κ3) is 3.92. The highest BCUT2D eigenvalue weighted by Crippen LogP contribution is 2.28. The SMILES string of the molecule is CCC1CCCC(OCC(=O)c2cc(C)ccc2C)C1. The number of carbonyl (C=O) groups excluding carboxylic acids is 1. The van der Waals surface area contributed by atoms with Gasteiger partial charge in [-0.05, 0) is 44.2 Å². The van der Waals surface area contributed by atoms with Gasteiger partial charge in [-0.15, -0.1) is 0 Å².